The van der Waals surface area contributed by atoms with Gasteiger partial charge in [-0.1, -0.05) is 78.1 Å². The maximum absolute atomic E-state index is 5.61. The van der Waals surface area contributed by atoms with Gasteiger partial charge in [0.25, 0.3) is 0 Å². The van der Waals surface area contributed by atoms with Crippen LogP contribution in [-0.2, 0) is 0 Å². The maximum Gasteiger partial charge on any atom is 0.186 e. The molecule has 0 aromatic carbocycles. The van der Waals surface area contributed by atoms with E-state index in [1.807, 2.05) is 0 Å². The van der Waals surface area contributed by atoms with Crippen molar-refractivity contribution < 1.29 is 0 Å². The van der Waals surface area contributed by atoms with Crippen molar-refractivity contribution in [3.63, 3.8) is 0 Å². The molecule has 20 heavy (non-hydrogen) atoms. The van der Waals surface area contributed by atoms with Gasteiger partial charge in [0, 0.05) is 0 Å². The summed E-state index contributed by atoms with van der Waals surface area (Å²) in [6, 6.07) is 0. The summed E-state index contributed by atoms with van der Waals surface area (Å²) in [6.07, 6.45) is 15.3. The summed E-state index contributed by atoms with van der Waals surface area (Å²) >= 11 is 0. The predicted octanol–water partition coefficient (Wildman–Crippen LogP) is 4.74. The number of aliphatic imine (C=N–C) groups is 1. The normalized spacial score (nSPS) is 11.6. The van der Waals surface area contributed by atoms with E-state index < -0.39 is 0 Å². The molecule has 0 rings (SSSR count). The lowest BCUT2D eigenvalue weighted by atomic mass is 9.88. The van der Waals surface area contributed by atoms with Crippen LogP contribution in [0.15, 0.2) is 4.99 Å². The van der Waals surface area contributed by atoms with Crippen molar-refractivity contribution >= 4 is 5.96 Å². The van der Waals surface area contributed by atoms with E-state index >= 15 is 0 Å². The third-order valence-corrected chi connectivity index (χ3v) is 4.04. The fraction of sp³-hybridized carbons (Fsp3) is 0.941. The van der Waals surface area contributed by atoms with Gasteiger partial charge in [-0.05, 0) is 19.8 Å². The molecule has 0 unspecified atom stereocenters. The second kappa shape index (κ2) is 12.0. The molecular weight excluding hydrogens is 246 g/mol. The van der Waals surface area contributed by atoms with E-state index in [1.165, 1.54) is 64.2 Å². The van der Waals surface area contributed by atoms with E-state index in [0.717, 1.165) is 12.8 Å². The lowest BCUT2D eigenvalue weighted by Gasteiger charge is -2.25. The molecule has 0 spiro atoms. The van der Waals surface area contributed by atoms with Crippen molar-refractivity contribution in [3.8, 4) is 0 Å². The van der Waals surface area contributed by atoms with Crippen LogP contribution in [0.3, 0.4) is 0 Å². The van der Waals surface area contributed by atoms with E-state index in [1.54, 1.807) is 0 Å². The minimum Gasteiger partial charge on any atom is -0.370 e. The first kappa shape index (κ1) is 19.3. The Morgan fingerprint density at radius 1 is 0.750 bits per heavy atom. The van der Waals surface area contributed by atoms with Gasteiger partial charge in [0.1, 0.15) is 0 Å². The molecule has 0 aliphatic heterocycles. The number of unbranched alkanes of at least 4 members (excludes halogenated alkanes) is 8. The highest BCUT2D eigenvalue weighted by molar-refractivity contribution is 5.76. The number of rotatable bonds is 13. The van der Waals surface area contributed by atoms with E-state index in [4.69, 9.17) is 11.5 Å². The van der Waals surface area contributed by atoms with Gasteiger partial charge in [0.05, 0.1) is 5.54 Å². The van der Waals surface area contributed by atoms with Crippen LogP contribution in [0.25, 0.3) is 0 Å². The SMILES string of the molecule is CCCCCCCC(C)(CCCCCCC)N=C(N)N. The summed E-state index contributed by atoms with van der Waals surface area (Å²) in [5, 5.41) is 0. The lowest BCUT2D eigenvalue weighted by molar-refractivity contribution is 0.366. The van der Waals surface area contributed by atoms with Crippen molar-refractivity contribution in [2.75, 3.05) is 0 Å². The maximum atomic E-state index is 5.61. The number of hydrogen-bond acceptors (Lipinski definition) is 1. The highest BCUT2D eigenvalue weighted by atomic mass is 15.0. The molecule has 0 saturated heterocycles. The van der Waals surface area contributed by atoms with Crippen LogP contribution in [0.5, 0.6) is 0 Å². The van der Waals surface area contributed by atoms with Gasteiger partial charge in [0.2, 0.25) is 0 Å². The first-order valence-electron chi connectivity index (χ1n) is 8.65. The monoisotopic (exact) mass is 283 g/mol. The molecule has 0 fully saturated rings. The predicted molar refractivity (Wildman–Crippen MR) is 91.0 cm³/mol. The van der Waals surface area contributed by atoms with Crippen LogP contribution >= 0.6 is 0 Å². The zero-order valence-electron chi connectivity index (χ0n) is 14.1. The van der Waals surface area contributed by atoms with Gasteiger partial charge in [0.15, 0.2) is 5.96 Å². The van der Waals surface area contributed by atoms with Gasteiger partial charge in [-0.15, -0.1) is 0 Å². The Morgan fingerprint density at radius 2 is 1.15 bits per heavy atom. The van der Waals surface area contributed by atoms with Crippen LogP contribution in [-0.4, -0.2) is 11.5 Å². The topological polar surface area (TPSA) is 64.4 Å². The summed E-state index contributed by atoms with van der Waals surface area (Å²) in [5.41, 5.74) is 11.2. The molecule has 0 aliphatic rings. The van der Waals surface area contributed by atoms with Gasteiger partial charge in [-0.3, -0.25) is 0 Å². The van der Waals surface area contributed by atoms with Crippen LogP contribution < -0.4 is 11.5 Å². The van der Waals surface area contributed by atoms with Crippen molar-refractivity contribution in [1.29, 1.82) is 0 Å². The number of guanidine groups is 1. The zero-order valence-corrected chi connectivity index (χ0v) is 14.1. The van der Waals surface area contributed by atoms with Crippen LogP contribution in [0.1, 0.15) is 97.8 Å². The van der Waals surface area contributed by atoms with E-state index in [-0.39, 0.29) is 11.5 Å². The van der Waals surface area contributed by atoms with Gasteiger partial charge in [-0.2, -0.15) is 0 Å². The third kappa shape index (κ3) is 11.1. The number of hydrogen-bond donors (Lipinski definition) is 2. The van der Waals surface area contributed by atoms with Gasteiger partial charge >= 0.3 is 0 Å². The standard InChI is InChI=1S/C17H37N3/c1-4-6-8-10-12-14-17(3,20-16(18)19)15-13-11-9-7-5-2/h4-15H2,1-3H3,(H4,18,19,20). The summed E-state index contributed by atoms with van der Waals surface area (Å²) in [7, 11) is 0. The lowest BCUT2D eigenvalue weighted by Crippen LogP contribution is -2.31. The van der Waals surface area contributed by atoms with E-state index in [0.29, 0.717) is 0 Å². The molecular formula is C17H37N3. The largest absolute Gasteiger partial charge is 0.370 e. The van der Waals surface area contributed by atoms with E-state index in [9.17, 15) is 0 Å². The minimum absolute atomic E-state index is 0.0444. The molecule has 0 aliphatic carbocycles. The van der Waals surface area contributed by atoms with Crippen molar-refractivity contribution in [3.05, 3.63) is 0 Å². The molecule has 0 heterocycles. The molecule has 0 aromatic heterocycles. The second-order valence-corrected chi connectivity index (χ2v) is 6.36. The number of nitrogens with zero attached hydrogens (tertiary/aromatic N) is 1. The first-order chi connectivity index (χ1) is 9.54. The molecule has 0 aromatic rings. The van der Waals surface area contributed by atoms with Crippen LogP contribution in [0, 0.1) is 0 Å². The zero-order chi connectivity index (χ0) is 15.3. The number of nitrogens with two attached hydrogens (primary N) is 2. The second-order valence-electron chi connectivity index (χ2n) is 6.36. The Morgan fingerprint density at radius 3 is 1.50 bits per heavy atom. The van der Waals surface area contributed by atoms with Crippen molar-refractivity contribution in [1.82, 2.24) is 0 Å². The third-order valence-electron chi connectivity index (χ3n) is 4.04. The summed E-state index contributed by atoms with van der Waals surface area (Å²) < 4.78 is 0. The Balaban J connectivity index is 4.05. The van der Waals surface area contributed by atoms with Gasteiger partial charge in [-0.25, -0.2) is 4.99 Å². The highest BCUT2D eigenvalue weighted by Crippen LogP contribution is 2.26. The fourth-order valence-electron chi connectivity index (χ4n) is 2.77. The molecule has 0 radical (unpaired) electrons. The van der Waals surface area contributed by atoms with Crippen molar-refractivity contribution in [2.24, 2.45) is 16.5 Å². The molecule has 120 valence electrons. The van der Waals surface area contributed by atoms with Gasteiger partial charge < -0.3 is 11.5 Å². The molecule has 3 nitrogen and oxygen atoms in total. The Hall–Kier alpha value is -0.730. The minimum atomic E-state index is -0.0444. The Bertz CT molecular complexity index is 231. The average molecular weight is 284 g/mol. The highest BCUT2D eigenvalue weighted by Gasteiger charge is 2.22. The molecule has 0 saturated carbocycles. The summed E-state index contributed by atoms with van der Waals surface area (Å²) in [5.74, 6) is 0.245. The van der Waals surface area contributed by atoms with Crippen LogP contribution in [0.2, 0.25) is 0 Å². The molecule has 3 heteroatoms. The molecule has 4 N–H and O–H groups in total. The Kier molecular flexibility index (Phi) is 11.6. The smallest absolute Gasteiger partial charge is 0.186 e. The van der Waals surface area contributed by atoms with E-state index in [2.05, 4.69) is 25.8 Å². The molecule has 0 atom stereocenters. The Labute approximate surface area is 126 Å². The molecule has 0 amide bonds. The molecule has 0 bridgehead atoms. The summed E-state index contributed by atoms with van der Waals surface area (Å²) in [6.45, 7) is 6.71. The average Bonchev–Trinajstić information content (AvgIpc) is 2.37. The van der Waals surface area contributed by atoms with Crippen LogP contribution in [0.4, 0.5) is 0 Å². The first-order valence-corrected chi connectivity index (χ1v) is 8.65. The fourth-order valence-corrected chi connectivity index (χ4v) is 2.77. The summed E-state index contributed by atoms with van der Waals surface area (Å²) in [4.78, 5) is 4.52. The van der Waals surface area contributed by atoms with Crippen molar-refractivity contribution in [2.45, 2.75) is 103 Å². The quantitative estimate of drug-likeness (QED) is 0.291.